The number of rotatable bonds is 7. The summed E-state index contributed by atoms with van der Waals surface area (Å²) in [6.07, 6.45) is -0.411. The Hall–Kier alpha value is -1.91. The lowest BCUT2D eigenvalue weighted by Crippen LogP contribution is -2.32. The van der Waals surface area contributed by atoms with Gasteiger partial charge in [0.25, 0.3) is 0 Å². The first-order valence-electron chi connectivity index (χ1n) is 9.50. The van der Waals surface area contributed by atoms with Crippen LogP contribution in [0.5, 0.6) is 0 Å². The van der Waals surface area contributed by atoms with Gasteiger partial charge in [0.2, 0.25) is 0 Å². The quantitative estimate of drug-likeness (QED) is 0.612. The van der Waals surface area contributed by atoms with Gasteiger partial charge in [-0.15, -0.1) is 0 Å². The standard InChI is InChI=1S/C22H33FO4/c1-13(2)19(12-20(24)27-22(6,7)8)21(25)26-16(5)15(4)18-10-9-17(23)11-14(18)3/h9-11,13,15-16,19H,12H2,1-8H3/t15-,16+,19+/m1/s1. The number of hydrogen-bond donors (Lipinski definition) is 0. The molecule has 3 atom stereocenters. The first-order valence-corrected chi connectivity index (χ1v) is 9.50. The second-order valence-corrected chi connectivity index (χ2v) is 8.57. The number of aryl methyl sites for hydroxylation is 1. The van der Waals surface area contributed by atoms with E-state index in [1.165, 1.54) is 12.1 Å². The van der Waals surface area contributed by atoms with Gasteiger partial charge >= 0.3 is 11.9 Å². The molecule has 0 radical (unpaired) electrons. The Balaban J connectivity index is 2.81. The van der Waals surface area contributed by atoms with E-state index in [-0.39, 0.29) is 24.1 Å². The smallest absolute Gasteiger partial charge is 0.310 e. The molecule has 152 valence electrons. The van der Waals surface area contributed by atoms with Crippen LogP contribution < -0.4 is 0 Å². The fraction of sp³-hybridized carbons (Fsp3) is 0.636. The van der Waals surface area contributed by atoms with Gasteiger partial charge in [-0.1, -0.05) is 26.8 Å². The zero-order chi connectivity index (χ0) is 20.9. The van der Waals surface area contributed by atoms with Gasteiger partial charge < -0.3 is 9.47 Å². The molecule has 0 spiro atoms. The van der Waals surface area contributed by atoms with Gasteiger partial charge in [-0.3, -0.25) is 9.59 Å². The van der Waals surface area contributed by atoms with Crippen molar-refractivity contribution in [3.63, 3.8) is 0 Å². The topological polar surface area (TPSA) is 52.6 Å². The maximum atomic E-state index is 13.3. The Kier molecular flexibility index (Phi) is 8.00. The van der Waals surface area contributed by atoms with Crippen molar-refractivity contribution >= 4 is 11.9 Å². The molecule has 0 fully saturated rings. The molecule has 0 aliphatic rings. The summed E-state index contributed by atoms with van der Waals surface area (Å²) in [7, 11) is 0. The molecule has 1 aromatic rings. The minimum atomic E-state index is -0.593. The molecule has 4 nitrogen and oxygen atoms in total. The van der Waals surface area contributed by atoms with Gasteiger partial charge in [-0.05, 0) is 63.8 Å². The fourth-order valence-electron chi connectivity index (χ4n) is 2.93. The van der Waals surface area contributed by atoms with Crippen molar-refractivity contribution in [2.24, 2.45) is 11.8 Å². The van der Waals surface area contributed by atoms with Crippen molar-refractivity contribution in [2.75, 3.05) is 0 Å². The molecule has 27 heavy (non-hydrogen) atoms. The van der Waals surface area contributed by atoms with Gasteiger partial charge in [0.05, 0.1) is 12.3 Å². The number of esters is 2. The average molecular weight is 381 g/mol. The van der Waals surface area contributed by atoms with Crippen LogP contribution in [0, 0.1) is 24.6 Å². The van der Waals surface area contributed by atoms with Crippen LogP contribution in [-0.2, 0) is 19.1 Å². The molecule has 0 aliphatic heterocycles. The van der Waals surface area contributed by atoms with Crippen LogP contribution in [0.2, 0.25) is 0 Å². The molecule has 0 saturated heterocycles. The van der Waals surface area contributed by atoms with Crippen LogP contribution in [0.3, 0.4) is 0 Å². The summed E-state index contributed by atoms with van der Waals surface area (Å²) in [4.78, 5) is 24.8. The Labute approximate surface area is 162 Å². The third-order valence-electron chi connectivity index (χ3n) is 4.64. The summed E-state index contributed by atoms with van der Waals surface area (Å²) < 4.78 is 24.3. The van der Waals surface area contributed by atoms with E-state index in [1.807, 2.05) is 34.6 Å². The molecule has 0 amide bonds. The monoisotopic (exact) mass is 380 g/mol. The predicted molar refractivity (Wildman–Crippen MR) is 104 cm³/mol. The molecule has 0 N–H and O–H groups in total. The maximum Gasteiger partial charge on any atom is 0.310 e. The molecule has 1 aromatic carbocycles. The van der Waals surface area contributed by atoms with Gasteiger partial charge in [0, 0.05) is 5.92 Å². The van der Waals surface area contributed by atoms with E-state index >= 15 is 0 Å². The molecule has 0 unspecified atom stereocenters. The highest BCUT2D eigenvalue weighted by molar-refractivity contribution is 5.80. The highest BCUT2D eigenvalue weighted by Gasteiger charge is 2.31. The summed E-state index contributed by atoms with van der Waals surface area (Å²) in [5.74, 6) is -1.82. The van der Waals surface area contributed by atoms with Gasteiger partial charge in [0.15, 0.2) is 0 Å². The van der Waals surface area contributed by atoms with Crippen LogP contribution >= 0.6 is 0 Å². The second kappa shape index (κ2) is 9.34. The average Bonchev–Trinajstić information content (AvgIpc) is 2.49. The van der Waals surface area contributed by atoms with Crippen molar-refractivity contribution < 1.29 is 23.5 Å². The Morgan fingerprint density at radius 3 is 2.19 bits per heavy atom. The Morgan fingerprint density at radius 2 is 1.70 bits per heavy atom. The van der Waals surface area contributed by atoms with E-state index in [2.05, 4.69) is 0 Å². The van der Waals surface area contributed by atoms with Crippen molar-refractivity contribution in [1.82, 2.24) is 0 Å². The zero-order valence-corrected chi connectivity index (χ0v) is 17.8. The highest BCUT2D eigenvalue weighted by atomic mass is 19.1. The van der Waals surface area contributed by atoms with E-state index in [4.69, 9.17) is 9.47 Å². The van der Waals surface area contributed by atoms with Crippen molar-refractivity contribution in [1.29, 1.82) is 0 Å². The van der Waals surface area contributed by atoms with Crippen molar-refractivity contribution in [3.8, 4) is 0 Å². The second-order valence-electron chi connectivity index (χ2n) is 8.57. The van der Waals surface area contributed by atoms with Crippen molar-refractivity contribution in [2.45, 2.75) is 79.4 Å². The van der Waals surface area contributed by atoms with Crippen LogP contribution in [0.15, 0.2) is 18.2 Å². The molecule has 0 heterocycles. The molecule has 5 heteroatoms. The summed E-state index contributed by atoms with van der Waals surface area (Å²) in [6, 6.07) is 4.60. The minimum absolute atomic E-state index is 0.00948. The Morgan fingerprint density at radius 1 is 1.11 bits per heavy atom. The lowest BCUT2D eigenvalue weighted by Gasteiger charge is -2.27. The zero-order valence-electron chi connectivity index (χ0n) is 17.8. The minimum Gasteiger partial charge on any atom is -0.462 e. The lowest BCUT2D eigenvalue weighted by atomic mass is 9.90. The highest BCUT2D eigenvalue weighted by Crippen LogP contribution is 2.27. The fourth-order valence-corrected chi connectivity index (χ4v) is 2.93. The number of carbonyl (C=O) groups excluding carboxylic acids is 2. The van der Waals surface area contributed by atoms with Crippen LogP contribution in [0.25, 0.3) is 0 Å². The third kappa shape index (κ3) is 7.31. The largest absolute Gasteiger partial charge is 0.462 e. The Bertz CT molecular complexity index is 661. The van der Waals surface area contributed by atoms with Gasteiger partial charge in [0.1, 0.15) is 17.5 Å². The first kappa shape index (κ1) is 23.1. The molecule has 0 saturated carbocycles. The van der Waals surface area contributed by atoms with Crippen LogP contribution in [0.1, 0.15) is 71.9 Å². The van der Waals surface area contributed by atoms with E-state index < -0.39 is 29.6 Å². The lowest BCUT2D eigenvalue weighted by molar-refractivity contribution is -0.165. The number of carbonyl (C=O) groups is 2. The number of benzene rings is 1. The van der Waals surface area contributed by atoms with Crippen LogP contribution in [-0.4, -0.2) is 23.6 Å². The van der Waals surface area contributed by atoms with Crippen molar-refractivity contribution in [3.05, 3.63) is 35.1 Å². The number of halogens is 1. The molecular formula is C22H33FO4. The summed E-state index contributed by atoms with van der Waals surface area (Å²) >= 11 is 0. The van der Waals surface area contributed by atoms with E-state index in [1.54, 1.807) is 26.8 Å². The van der Waals surface area contributed by atoms with Crippen LogP contribution in [0.4, 0.5) is 4.39 Å². The summed E-state index contributed by atoms with van der Waals surface area (Å²) in [6.45, 7) is 14.7. The molecule has 0 bridgehead atoms. The maximum absolute atomic E-state index is 13.3. The predicted octanol–water partition coefficient (Wildman–Crippen LogP) is 5.17. The molecule has 0 aromatic heterocycles. The number of hydrogen-bond acceptors (Lipinski definition) is 4. The van der Waals surface area contributed by atoms with E-state index in [9.17, 15) is 14.0 Å². The number of ether oxygens (including phenoxy) is 2. The van der Waals surface area contributed by atoms with E-state index in [0.29, 0.717) is 0 Å². The summed E-state index contributed by atoms with van der Waals surface area (Å²) in [5.41, 5.74) is 1.16. The molecular weight excluding hydrogens is 347 g/mol. The third-order valence-corrected chi connectivity index (χ3v) is 4.64. The first-order chi connectivity index (χ1) is 12.3. The SMILES string of the molecule is Cc1cc(F)ccc1[C@H](C)[C@H](C)OC(=O)[C@@H](CC(=O)OC(C)(C)C)C(C)C. The van der Waals surface area contributed by atoms with Gasteiger partial charge in [-0.2, -0.15) is 0 Å². The molecule has 0 aliphatic carbocycles. The van der Waals surface area contributed by atoms with E-state index in [0.717, 1.165) is 11.1 Å². The normalized spacial score (nSPS) is 15.2. The molecule has 1 rings (SSSR count). The van der Waals surface area contributed by atoms with Gasteiger partial charge in [-0.25, -0.2) is 4.39 Å². The summed E-state index contributed by atoms with van der Waals surface area (Å²) in [5, 5.41) is 0.